The zero-order valence-electron chi connectivity index (χ0n) is 16.2. The fourth-order valence-corrected chi connectivity index (χ4v) is 4.27. The Morgan fingerprint density at radius 1 is 0.966 bits per heavy atom. The second-order valence-electron chi connectivity index (χ2n) is 7.24. The highest BCUT2D eigenvalue weighted by atomic mass is 32.2. The number of piperazine rings is 1. The van der Waals surface area contributed by atoms with Gasteiger partial charge in [-0.1, -0.05) is 29.8 Å². The molecule has 0 saturated carbocycles. The van der Waals surface area contributed by atoms with Crippen LogP contribution in [0.3, 0.4) is 0 Å². The Hall–Kier alpha value is -2.64. The molecule has 2 saturated heterocycles. The number of aryl methyl sites for hydroxylation is 1. The van der Waals surface area contributed by atoms with Crippen LogP contribution in [0.1, 0.15) is 11.1 Å². The summed E-state index contributed by atoms with van der Waals surface area (Å²) < 4.78 is 13.1. The third-order valence-corrected chi connectivity index (χ3v) is 6.06. The molecule has 2 aromatic rings. The highest BCUT2D eigenvalue weighted by molar-refractivity contribution is 8.18. The van der Waals surface area contributed by atoms with Crippen molar-refractivity contribution in [2.24, 2.45) is 0 Å². The summed E-state index contributed by atoms with van der Waals surface area (Å²) in [6, 6.07) is 14.3. The average Bonchev–Trinajstić information content (AvgIpc) is 2.98. The van der Waals surface area contributed by atoms with E-state index in [4.69, 9.17) is 0 Å². The molecule has 0 spiro atoms. The van der Waals surface area contributed by atoms with Crippen molar-refractivity contribution in [3.63, 3.8) is 0 Å². The normalized spacial score (nSPS) is 19.4. The van der Waals surface area contributed by atoms with E-state index in [1.807, 2.05) is 0 Å². The van der Waals surface area contributed by atoms with E-state index in [1.54, 1.807) is 18.2 Å². The van der Waals surface area contributed by atoms with Gasteiger partial charge < -0.3 is 4.90 Å². The number of hydrogen-bond donors (Lipinski definition) is 0. The molecule has 0 bridgehead atoms. The van der Waals surface area contributed by atoms with Crippen molar-refractivity contribution in [3.05, 3.63) is 70.4 Å². The van der Waals surface area contributed by atoms with Gasteiger partial charge in [-0.15, -0.1) is 0 Å². The van der Waals surface area contributed by atoms with E-state index < -0.39 is 0 Å². The summed E-state index contributed by atoms with van der Waals surface area (Å²) in [7, 11) is 0. The molecule has 0 radical (unpaired) electrons. The lowest BCUT2D eigenvalue weighted by molar-refractivity contribution is -0.124. The summed E-state index contributed by atoms with van der Waals surface area (Å²) in [5.41, 5.74) is 3.13. The second kappa shape index (κ2) is 8.39. The summed E-state index contributed by atoms with van der Waals surface area (Å²) in [5, 5.41) is -0.260. The first-order chi connectivity index (χ1) is 14.0. The molecule has 0 unspecified atom stereocenters. The number of halogens is 1. The number of nitrogens with zero attached hydrogens (tertiary/aromatic N) is 3. The van der Waals surface area contributed by atoms with Gasteiger partial charge >= 0.3 is 0 Å². The first-order valence-electron chi connectivity index (χ1n) is 9.54. The van der Waals surface area contributed by atoms with E-state index in [0.717, 1.165) is 37.9 Å². The van der Waals surface area contributed by atoms with Gasteiger partial charge in [-0.05, 0) is 54.6 Å². The number of rotatable bonds is 4. The van der Waals surface area contributed by atoms with Crippen molar-refractivity contribution < 1.29 is 14.0 Å². The quantitative estimate of drug-likeness (QED) is 0.713. The van der Waals surface area contributed by atoms with Gasteiger partial charge in [0.25, 0.3) is 11.1 Å². The number of carbonyl (C=O) groups excluding carboxylic acids is 2. The van der Waals surface area contributed by atoms with Gasteiger partial charge in [-0.3, -0.25) is 19.4 Å². The minimum atomic E-state index is -0.333. The van der Waals surface area contributed by atoms with Crippen LogP contribution in [0.5, 0.6) is 0 Å². The number of hydrogen-bond acceptors (Lipinski definition) is 5. The number of thioether (sulfide) groups is 1. The summed E-state index contributed by atoms with van der Waals surface area (Å²) in [5.74, 6) is -0.620. The maximum atomic E-state index is 13.1. The molecular weight excluding hydrogens is 389 g/mol. The van der Waals surface area contributed by atoms with Gasteiger partial charge in [0.2, 0.25) is 0 Å². The first-order valence-corrected chi connectivity index (χ1v) is 10.4. The van der Waals surface area contributed by atoms with Gasteiger partial charge in [-0.25, -0.2) is 4.39 Å². The second-order valence-corrected chi connectivity index (χ2v) is 8.24. The van der Waals surface area contributed by atoms with Gasteiger partial charge in [0.15, 0.2) is 0 Å². The van der Waals surface area contributed by atoms with Crippen molar-refractivity contribution in [2.75, 3.05) is 37.7 Å². The van der Waals surface area contributed by atoms with E-state index in [9.17, 15) is 14.0 Å². The van der Waals surface area contributed by atoms with Crippen LogP contribution >= 0.6 is 11.8 Å². The maximum Gasteiger partial charge on any atom is 0.294 e. The number of amides is 2. The van der Waals surface area contributed by atoms with E-state index in [2.05, 4.69) is 41.0 Å². The molecule has 2 heterocycles. The van der Waals surface area contributed by atoms with Gasteiger partial charge in [0, 0.05) is 31.9 Å². The van der Waals surface area contributed by atoms with Crippen LogP contribution in [-0.4, -0.2) is 53.8 Å². The van der Waals surface area contributed by atoms with Crippen molar-refractivity contribution >= 4 is 34.7 Å². The smallest absolute Gasteiger partial charge is 0.294 e. The van der Waals surface area contributed by atoms with Crippen molar-refractivity contribution in [1.29, 1.82) is 0 Å². The summed E-state index contributed by atoms with van der Waals surface area (Å²) in [6.45, 7) is 5.64. The van der Waals surface area contributed by atoms with Crippen LogP contribution in [0.2, 0.25) is 0 Å². The predicted molar refractivity (Wildman–Crippen MR) is 114 cm³/mol. The first kappa shape index (κ1) is 19.7. The lowest BCUT2D eigenvalue weighted by atomic mass is 10.2. The number of carbonyl (C=O) groups is 2. The minimum Gasteiger partial charge on any atom is -0.369 e. The highest BCUT2D eigenvalue weighted by Gasteiger charge is 2.36. The molecular formula is C22H22FN3O2S. The third kappa shape index (κ3) is 4.52. The number of benzene rings is 2. The molecule has 29 heavy (non-hydrogen) atoms. The maximum absolute atomic E-state index is 13.1. The number of imide groups is 1. The molecule has 5 nitrogen and oxygen atoms in total. The van der Waals surface area contributed by atoms with E-state index in [1.165, 1.54) is 28.3 Å². The topological polar surface area (TPSA) is 43.9 Å². The van der Waals surface area contributed by atoms with E-state index >= 15 is 0 Å². The average molecular weight is 412 g/mol. The lowest BCUT2D eigenvalue weighted by Crippen LogP contribution is -2.50. The molecule has 0 N–H and O–H groups in total. The molecule has 7 heteroatoms. The van der Waals surface area contributed by atoms with Crippen LogP contribution in [0, 0.1) is 12.7 Å². The molecule has 2 aromatic carbocycles. The third-order valence-electron chi connectivity index (χ3n) is 5.15. The largest absolute Gasteiger partial charge is 0.369 e. The molecule has 2 aliphatic rings. The van der Waals surface area contributed by atoms with Crippen LogP contribution in [0.4, 0.5) is 14.9 Å². The Balaban J connectivity index is 1.36. The number of anilines is 1. The fourth-order valence-electron chi connectivity index (χ4n) is 3.44. The summed E-state index contributed by atoms with van der Waals surface area (Å²) in [6.07, 6.45) is 1.64. The zero-order chi connectivity index (χ0) is 20.4. The lowest BCUT2D eigenvalue weighted by Gasteiger charge is -2.37. The predicted octanol–water partition coefficient (Wildman–Crippen LogP) is 3.95. The van der Waals surface area contributed by atoms with E-state index in [0.29, 0.717) is 17.1 Å². The minimum absolute atomic E-state index is 0.260. The van der Waals surface area contributed by atoms with Crippen molar-refractivity contribution in [1.82, 2.24) is 9.80 Å². The van der Waals surface area contributed by atoms with Gasteiger partial charge in [-0.2, -0.15) is 0 Å². The molecule has 0 aromatic heterocycles. The molecule has 2 fully saturated rings. The van der Waals surface area contributed by atoms with Crippen LogP contribution < -0.4 is 4.90 Å². The Morgan fingerprint density at radius 2 is 1.62 bits per heavy atom. The Bertz CT molecular complexity index is 936. The molecule has 150 valence electrons. The highest BCUT2D eigenvalue weighted by Crippen LogP contribution is 2.32. The van der Waals surface area contributed by atoms with Crippen LogP contribution in [-0.2, 0) is 4.79 Å². The van der Waals surface area contributed by atoms with Crippen molar-refractivity contribution in [3.8, 4) is 0 Å². The molecule has 0 atom stereocenters. The van der Waals surface area contributed by atoms with Crippen molar-refractivity contribution in [2.45, 2.75) is 6.92 Å². The Labute approximate surface area is 173 Å². The van der Waals surface area contributed by atoms with Crippen LogP contribution in [0.25, 0.3) is 6.08 Å². The Kier molecular flexibility index (Phi) is 5.69. The molecule has 4 rings (SSSR count). The standard InChI is InChI=1S/C22H22FN3O2S/c1-16-2-8-19(9-3-16)25-12-10-24(11-13-25)15-26-21(27)20(29-22(26)28)14-17-4-6-18(23)7-5-17/h2-9,14H,10-13,15H2,1H3. The van der Waals surface area contributed by atoms with E-state index in [-0.39, 0.29) is 17.0 Å². The molecule has 2 aliphatic heterocycles. The monoisotopic (exact) mass is 411 g/mol. The summed E-state index contributed by atoms with van der Waals surface area (Å²) >= 11 is 0.936. The molecule has 2 amide bonds. The fraction of sp³-hybridized carbons (Fsp3) is 0.273. The van der Waals surface area contributed by atoms with Gasteiger partial charge in [0.05, 0.1) is 11.6 Å². The summed E-state index contributed by atoms with van der Waals surface area (Å²) in [4.78, 5) is 31.2. The zero-order valence-corrected chi connectivity index (χ0v) is 17.0. The SMILES string of the molecule is Cc1ccc(N2CCN(CN3C(=O)SC(=Cc4ccc(F)cc4)C3=O)CC2)cc1. The Morgan fingerprint density at radius 3 is 2.28 bits per heavy atom. The molecule has 0 aliphatic carbocycles. The van der Waals surface area contributed by atoms with Gasteiger partial charge in [0.1, 0.15) is 5.82 Å². The van der Waals surface area contributed by atoms with Crippen LogP contribution in [0.15, 0.2) is 53.4 Å².